The highest BCUT2D eigenvalue weighted by Gasteiger charge is 2.16. The second kappa shape index (κ2) is 10.2. The summed E-state index contributed by atoms with van der Waals surface area (Å²) in [5, 5.41) is 6.74. The molecule has 2 heterocycles. The molecule has 8 heteroatoms. The molecule has 38 heavy (non-hydrogen) atoms. The largest absolute Gasteiger partial charge is 0.487 e. The van der Waals surface area contributed by atoms with E-state index in [4.69, 9.17) is 37.3 Å². The first-order valence-electron chi connectivity index (χ1n) is 11.8. The molecule has 6 rings (SSSR count). The van der Waals surface area contributed by atoms with Crippen molar-refractivity contribution in [3.63, 3.8) is 0 Å². The topological polar surface area (TPSA) is 69.6 Å². The minimum atomic E-state index is -0.325. The summed E-state index contributed by atoms with van der Waals surface area (Å²) in [5.41, 5.74) is 2.57. The van der Waals surface area contributed by atoms with Crippen LogP contribution in [0.1, 0.15) is 11.1 Å². The van der Waals surface area contributed by atoms with Gasteiger partial charge in [-0.2, -0.15) is 9.78 Å². The van der Waals surface area contributed by atoms with E-state index in [0.717, 1.165) is 10.9 Å². The first-order chi connectivity index (χ1) is 18.5. The lowest BCUT2D eigenvalue weighted by Crippen LogP contribution is -2.20. The van der Waals surface area contributed by atoms with Gasteiger partial charge < -0.3 is 9.15 Å². The molecule has 0 aliphatic carbocycles. The Balaban J connectivity index is 1.37. The van der Waals surface area contributed by atoms with Crippen LogP contribution in [0.4, 0.5) is 0 Å². The zero-order valence-corrected chi connectivity index (χ0v) is 21.4. The zero-order valence-electron chi connectivity index (χ0n) is 19.8. The number of hydrogen-bond acceptors (Lipinski definition) is 5. The molecule has 0 saturated heterocycles. The van der Waals surface area contributed by atoms with Crippen molar-refractivity contribution in [2.45, 2.75) is 6.61 Å². The monoisotopic (exact) mass is 539 g/mol. The highest BCUT2D eigenvalue weighted by Crippen LogP contribution is 2.29. The van der Waals surface area contributed by atoms with Gasteiger partial charge in [-0.1, -0.05) is 65.7 Å². The molecular weight excluding hydrogens is 521 g/mol. The lowest BCUT2D eigenvalue weighted by atomic mass is 10.2. The van der Waals surface area contributed by atoms with E-state index in [0.29, 0.717) is 50.2 Å². The van der Waals surface area contributed by atoms with Crippen molar-refractivity contribution in [1.29, 1.82) is 0 Å². The van der Waals surface area contributed by atoms with Crippen LogP contribution in [0.5, 0.6) is 5.75 Å². The van der Waals surface area contributed by atoms with Gasteiger partial charge in [-0.3, -0.25) is 4.79 Å². The van der Waals surface area contributed by atoms with Gasteiger partial charge in [0.05, 0.1) is 22.1 Å². The normalized spacial score (nSPS) is 11.5. The van der Waals surface area contributed by atoms with Gasteiger partial charge in [0.15, 0.2) is 5.76 Å². The summed E-state index contributed by atoms with van der Waals surface area (Å²) in [6, 6.07) is 29.4. The summed E-state index contributed by atoms with van der Waals surface area (Å²) in [6.45, 7) is 0.401. The number of rotatable bonds is 6. The molecule has 0 aliphatic heterocycles. The number of para-hydroxylation sites is 1. The fourth-order valence-electron chi connectivity index (χ4n) is 4.09. The molecule has 0 fully saturated rings. The van der Waals surface area contributed by atoms with Gasteiger partial charge in [0.2, 0.25) is 5.82 Å². The van der Waals surface area contributed by atoms with Crippen LogP contribution in [-0.2, 0) is 6.61 Å². The van der Waals surface area contributed by atoms with E-state index in [-0.39, 0.29) is 11.4 Å². The molecule has 0 aliphatic rings. The van der Waals surface area contributed by atoms with E-state index < -0.39 is 0 Å². The molecule has 0 atom stereocenters. The van der Waals surface area contributed by atoms with E-state index in [1.807, 2.05) is 42.5 Å². The Morgan fingerprint density at radius 1 is 0.921 bits per heavy atom. The Morgan fingerprint density at radius 2 is 1.74 bits per heavy atom. The number of aromatic nitrogens is 2. The molecule has 6 nitrogen and oxygen atoms in total. The highest BCUT2D eigenvalue weighted by molar-refractivity contribution is 6.32. The van der Waals surface area contributed by atoms with Crippen molar-refractivity contribution in [3.8, 4) is 17.3 Å². The van der Waals surface area contributed by atoms with Crippen molar-refractivity contribution in [3.05, 3.63) is 129 Å². The van der Waals surface area contributed by atoms with Gasteiger partial charge in [-0.05, 0) is 65.7 Å². The second-order valence-electron chi connectivity index (χ2n) is 8.57. The molecule has 0 amide bonds. The van der Waals surface area contributed by atoms with Crippen LogP contribution < -0.4 is 10.3 Å². The Kier molecular flexibility index (Phi) is 6.42. The van der Waals surface area contributed by atoms with Crippen molar-refractivity contribution in [2.75, 3.05) is 0 Å². The standard InChI is InChI=1S/C30H19Cl2N3O3/c31-22-11-13-26-21(15-22)16-28(38-26)29-34-25-9-5-4-8-23(25)30(36)35(29)33-17-20-10-12-27(24(32)14-20)37-18-19-6-2-1-3-7-19/h1-17H,18H2. The van der Waals surface area contributed by atoms with Gasteiger partial charge in [0, 0.05) is 10.4 Å². The lowest BCUT2D eigenvalue weighted by Gasteiger charge is -2.09. The van der Waals surface area contributed by atoms with Crippen molar-refractivity contribution in [2.24, 2.45) is 5.10 Å². The van der Waals surface area contributed by atoms with E-state index in [9.17, 15) is 4.79 Å². The van der Waals surface area contributed by atoms with Crippen LogP contribution in [0, 0.1) is 0 Å². The average Bonchev–Trinajstić information content (AvgIpc) is 3.35. The quantitative estimate of drug-likeness (QED) is 0.204. The molecule has 0 bridgehead atoms. The third kappa shape index (κ3) is 4.79. The molecule has 0 saturated carbocycles. The number of fused-ring (bicyclic) bond motifs is 2. The lowest BCUT2D eigenvalue weighted by molar-refractivity contribution is 0.306. The van der Waals surface area contributed by atoms with Gasteiger partial charge >= 0.3 is 0 Å². The number of ether oxygens (including phenoxy) is 1. The summed E-state index contributed by atoms with van der Waals surface area (Å²) in [5.74, 6) is 1.22. The van der Waals surface area contributed by atoms with Crippen LogP contribution in [0.15, 0.2) is 111 Å². The van der Waals surface area contributed by atoms with E-state index in [1.165, 1.54) is 4.68 Å². The fourth-order valence-corrected chi connectivity index (χ4v) is 4.51. The molecule has 0 spiro atoms. The molecule has 4 aromatic carbocycles. The molecule has 0 N–H and O–H groups in total. The summed E-state index contributed by atoms with van der Waals surface area (Å²) in [7, 11) is 0. The molecule has 2 aromatic heterocycles. The fraction of sp³-hybridized carbons (Fsp3) is 0.0333. The summed E-state index contributed by atoms with van der Waals surface area (Å²) in [6.07, 6.45) is 1.55. The second-order valence-corrected chi connectivity index (χ2v) is 9.41. The molecule has 0 radical (unpaired) electrons. The first kappa shape index (κ1) is 24.0. The van der Waals surface area contributed by atoms with Gasteiger partial charge in [-0.25, -0.2) is 4.98 Å². The van der Waals surface area contributed by atoms with Gasteiger partial charge in [0.25, 0.3) is 5.56 Å². The Bertz CT molecular complexity index is 1880. The number of halogens is 2. The Morgan fingerprint density at radius 3 is 2.58 bits per heavy atom. The minimum absolute atomic E-state index is 0.270. The van der Waals surface area contributed by atoms with Crippen molar-refractivity contribution < 1.29 is 9.15 Å². The van der Waals surface area contributed by atoms with Crippen LogP contribution in [0.3, 0.4) is 0 Å². The predicted molar refractivity (Wildman–Crippen MR) is 151 cm³/mol. The zero-order chi connectivity index (χ0) is 26.1. The predicted octanol–water partition coefficient (Wildman–Crippen LogP) is 7.58. The third-order valence-electron chi connectivity index (χ3n) is 5.97. The number of furan rings is 1. The molecular formula is C30H19Cl2N3O3. The summed E-state index contributed by atoms with van der Waals surface area (Å²) >= 11 is 12.6. The Labute approximate surface area is 227 Å². The van der Waals surface area contributed by atoms with E-state index in [2.05, 4.69) is 5.10 Å². The average molecular weight is 540 g/mol. The SMILES string of the molecule is O=c1c2ccccc2nc(-c2cc3cc(Cl)ccc3o2)n1N=Cc1ccc(OCc2ccccc2)c(Cl)c1. The maximum atomic E-state index is 13.5. The molecule has 0 unspecified atom stereocenters. The highest BCUT2D eigenvalue weighted by atomic mass is 35.5. The maximum Gasteiger partial charge on any atom is 0.282 e. The number of benzene rings is 4. The van der Waals surface area contributed by atoms with Crippen molar-refractivity contribution >= 4 is 51.3 Å². The van der Waals surface area contributed by atoms with Crippen LogP contribution in [0.25, 0.3) is 33.5 Å². The molecule has 6 aromatic rings. The van der Waals surface area contributed by atoms with Gasteiger partial charge in [-0.15, -0.1) is 0 Å². The van der Waals surface area contributed by atoms with Crippen LogP contribution in [0.2, 0.25) is 10.0 Å². The van der Waals surface area contributed by atoms with Crippen molar-refractivity contribution in [1.82, 2.24) is 9.66 Å². The van der Waals surface area contributed by atoms with E-state index in [1.54, 1.807) is 60.8 Å². The smallest absolute Gasteiger partial charge is 0.282 e. The van der Waals surface area contributed by atoms with Crippen LogP contribution >= 0.6 is 23.2 Å². The molecule has 186 valence electrons. The number of nitrogens with zero attached hydrogens (tertiary/aromatic N) is 3. The Hall–Kier alpha value is -4.39. The third-order valence-corrected chi connectivity index (χ3v) is 6.50. The first-order valence-corrected chi connectivity index (χ1v) is 12.5. The number of hydrogen-bond donors (Lipinski definition) is 0. The summed E-state index contributed by atoms with van der Waals surface area (Å²) < 4.78 is 13.1. The van der Waals surface area contributed by atoms with Crippen LogP contribution in [-0.4, -0.2) is 15.9 Å². The minimum Gasteiger partial charge on any atom is -0.487 e. The van der Waals surface area contributed by atoms with E-state index >= 15 is 0 Å². The maximum absolute atomic E-state index is 13.5. The van der Waals surface area contributed by atoms with Gasteiger partial charge in [0.1, 0.15) is 17.9 Å². The summed E-state index contributed by atoms with van der Waals surface area (Å²) in [4.78, 5) is 18.2.